The zero-order valence-corrected chi connectivity index (χ0v) is 14.4. The summed E-state index contributed by atoms with van der Waals surface area (Å²) in [5, 5.41) is 12.9. The lowest BCUT2D eigenvalue weighted by atomic mass is 10.1. The standard InChI is InChI=1S/C18H22N4O3/c1-12-13(2)25-15-3-4-17-16(9-15)18(21-20-17)14-10-19-22(11-14)5-6-23-7-8-24-12/h3-4,9-13H,5-8H2,1-2H3,(H,20,21)/t12-,13-/m1/s1. The molecule has 0 unspecified atom stereocenters. The Labute approximate surface area is 145 Å². The van der Waals surface area contributed by atoms with Crippen molar-refractivity contribution < 1.29 is 14.2 Å². The van der Waals surface area contributed by atoms with E-state index in [1.807, 2.05) is 49.1 Å². The lowest BCUT2D eigenvalue weighted by Gasteiger charge is -2.22. The van der Waals surface area contributed by atoms with Gasteiger partial charge in [0.25, 0.3) is 0 Å². The number of rotatable bonds is 0. The van der Waals surface area contributed by atoms with Gasteiger partial charge in [-0.25, -0.2) is 0 Å². The van der Waals surface area contributed by atoms with Crippen molar-refractivity contribution in [2.75, 3.05) is 19.8 Å². The summed E-state index contributed by atoms with van der Waals surface area (Å²) in [5.74, 6) is 0.800. The summed E-state index contributed by atoms with van der Waals surface area (Å²) in [6.45, 7) is 6.42. The molecular formula is C18H22N4O3. The second-order valence-corrected chi connectivity index (χ2v) is 6.28. The lowest BCUT2D eigenvalue weighted by molar-refractivity contribution is -0.0334. The molecule has 3 heterocycles. The van der Waals surface area contributed by atoms with E-state index in [1.54, 1.807) is 0 Å². The van der Waals surface area contributed by atoms with Gasteiger partial charge in [-0.15, -0.1) is 0 Å². The third-order valence-corrected chi connectivity index (χ3v) is 4.50. The molecule has 0 spiro atoms. The first-order valence-corrected chi connectivity index (χ1v) is 8.57. The van der Waals surface area contributed by atoms with Gasteiger partial charge in [-0.1, -0.05) is 0 Å². The van der Waals surface area contributed by atoms with Gasteiger partial charge < -0.3 is 14.2 Å². The molecule has 2 atom stereocenters. The van der Waals surface area contributed by atoms with Crippen LogP contribution >= 0.6 is 0 Å². The van der Waals surface area contributed by atoms with Crippen LogP contribution in [0, 0.1) is 0 Å². The zero-order valence-electron chi connectivity index (χ0n) is 14.4. The smallest absolute Gasteiger partial charge is 0.122 e. The second kappa shape index (κ2) is 6.85. The van der Waals surface area contributed by atoms with Crippen molar-refractivity contribution in [3.63, 3.8) is 0 Å². The molecule has 7 nitrogen and oxygen atoms in total. The van der Waals surface area contributed by atoms with E-state index in [2.05, 4.69) is 15.3 Å². The van der Waals surface area contributed by atoms with Crippen LogP contribution in [0.3, 0.4) is 0 Å². The minimum absolute atomic E-state index is 0.0259. The molecule has 25 heavy (non-hydrogen) atoms. The average Bonchev–Trinajstić information content (AvgIpc) is 3.23. The van der Waals surface area contributed by atoms with Crippen molar-refractivity contribution in [2.45, 2.75) is 32.6 Å². The number of nitrogens with zero attached hydrogens (tertiary/aromatic N) is 3. The van der Waals surface area contributed by atoms with E-state index in [9.17, 15) is 0 Å². The Balaban J connectivity index is 1.72. The summed E-state index contributed by atoms with van der Waals surface area (Å²) in [5.41, 5.74) is 2.81. The first-order valence-electron chi connectivity index (χ1n) is 8.57. The van der Waals surface area contributed by atoms with Crippen molar-refractivity contribution in [1.29, 1.82) is 0 Å². The highest BCUT2D eigenvalue weighted by atomic mass is 16.6. The highest BCUT2D eigenvalue weighted by Crippen LogP contribution is 2.29. The highest BCUT2D eigenvalue weighted by molar-refractivity contribution is 5.93. The summed E-state index contributed by atoms with van der Waals surface area (Å²) in [7, 11) is 0. The Morgan fingerprint density at radius 3 is 3.00 bits per heavy atom. The Hall–Kier alpha value is -2.38. The van der Waals surface area contributed by atoms with Gasteiger partial charge in [0.15, 0.2) is 0 Å². The van der Waals surface area contributed by atoms with Gasteiger partial charge >= 0.3 is 0 Å². The summed E-state index contributed by atoms with van der Waals surface area (Å²) in [6.07, 6.45) is 3.72. The van der Waals surface area contributed by atoms with E-state index in [1.165, 1.54) is 0 Å². The van der Waals surface area contributed by atoms with Crippen molar-refractivity contribution in [1.82, 2.24) is 20.0 Å². The fourth-order valence-corrected chi connectivity index (χ4v) is 2.89. The number of aromatic amines is 1. The summed E-state index contributed by atoms with van der Waals surface area (Å²) in [4.78, 5) is 0. The highest BCUT2D eigenvalue weighted by Gasteiger charge is 2.17. The molecule has 7 heteroatoms. The molecule has 0 radical (unpaired) electrons. The van der Waals surface area contributed by atoms with Crippen molar-refractivity contribution in [2.24, 2.45) is 0 Å². The van der Waals surface area contributed by atoms with Crippen molar-refractivity contribution in [3.05, 3.63) is 30.6 Å². The van der Waals surface area contributed by atoms with Gasteiger partial charge in [0, 0.05) is 17.1 Å². The van der Waals surface area contributed by atoms with Gasteiger partial charge in [-0.3, -0.25) is 9.78 Å². The van der Waals surface area contributed by atoms with E-state index in [0.29, 0.717) is 26.4 Å². The van der Waals surface area contributed by atoms with Crippen LogP contribution in [0.2, 0.25) is 0 Å². The van der Waals surface area contributed by atoms with Crippen LogP contribution in [0.15, 0.2) is 30.6 Å². The number of H-pyrrole nitrogens is 1. The molecule has 1 N–H and O–H groups in total. The molecule has 132 valence electrons. The second-order valence-electron chi connectivity index (χ2n) is 6.28. The molecule has 1 aliphatic rings. The number of fused-ring (bicyclic) bond motifs is 4. The van der Waals surface area contributed by atoms with Crippen LogP contribution in [0.5, 0.6) is 5.75 Å². The van der Waals surface area contributed by atoms with Gasteiger partial charge in [0.2, 0.25) is 0 Å². The minimum Gasteiger partial charge on any atom is -0.488 e. The zero-order chi connectivity index (χ0) is 17.2. The summed E-state index contributed by atoms with van der Waals surface area (Å²) in [6, 6.07) is 5.95. The fraction of sp³-hybridized carbons (Fsp3) is 0.444. The Kier molecular flexibility index (Phi) is 4.42. The fourth-order valence-electron chi connectivity index (χ4n) is 2.89. The number of aromatic nitrogens is 4. The van der Waals surface area contributed by atoms with Crippen molar-refractivity contribution in [3.8, 4) is 17.0 Å². The Morgan fingerprint density at radius 2 is 2.08 bits per heavy atom. The summed E-state index contributed by atoms with van der Waals surface area (Å²) >= 11 is 0. The molecule has 2 aromatic heterocycles. The first-order chi connectivity index (χ1) is 12.2. The van der Waals surface area contributed by atoms with E-state index in [-0.39, 0.29) is 12.2 Å². The average molecular weight is 342 g/mol. The largest absolute Gasteiger partial charge is 0.488 e. The molecule has 0 amide bonds. The van der Waals surface area contributed by atoms with Gasteiger partial charge in [0.05, 0.1) is 44.2 Å². The van der Waals surface area contributed by atoms with Crippen LogP contribution in [0.4, 0.5) is 0 Å². The molecule has 3 aromatic rings. The maximum absolute atomic E-state index is 6.07. The Morgan fingerprint density at radius 1 is 1.16 bits per heavy atom. The predicted molar refractivity (Wildman–Crippen MR) is 93.6 cm³/mol. The summed E-state index contributed by atoms with van der Waals surface area (Å²) < 4.78 is 19.4. The van der Waals surface area contributed by atoms with Crippen LogP contribution in [-0.2, 0) is 16.0 Å². The Bertz CT molecular complexity index is 857. The van der Waals surface area contributed by atoms with E-state index < -0.39 is 0 Å². The number of nitrogens with one attached hydrogen (secondary N) is 1. The molecule has 4 rings (SSSR count). The maximum atomic E-state index is 6.07. The topological polar surface area (TPSA) is 74.2 Å². The molecule has 0 fully saturated rings. The molecule has 0 saturated carbocycles. The van der Waals surface area contributed by atoms with Gasteiger partial charge in [-0.05, 0) is 32.0 Å². The quantitative estimate of drug-likeness (QED) is 0.680. The third-order valence-electron chi connectivity index (χ3n) is 4.50. The number of benzene rings is 1. The SMILES string of the molecule is C[C@H]1OCCOCCn2cc(cn2)-c2n[nH]c3ccc(cc23)O[C@@H]1C. The predicted octanol–water partition coefficient (Wildman–Crippen LogP) is 2.63. The lowest BCUT2D eigenvalue weighted by Crippen LogP contribution is -2.30. The molecule has 1 aliphatic heterocycles. The van der Waals surface area contributed by atoms with Crippen LogP contribution in [0.1, 0.15) is 13.8 Å². The third kappa shape index (κ3) is 3.38. The minimum atomic E-state index is -0.0662. The van der Waals surface area contributed by atoms with Crippen LogP contribution < -0.4 is 4.74 Å². The van der Waals surface area contributed by atoms with Crippen LogP contribution in [-0.4, -0.2) is 52.0 Å². The van der Waals surface area contributed by atoms with Crippen LogP contribution in [0.25, 0.3) is 22.2 Å². The number of hydrogen-bond acceptors (Lipinski definition) is 5. The van der Waals surface area contributed by atoms with Gasteiger partial charge in [0.1, 0.15) is 17.5 Å². The number of ether oxygens (including phenoxy) is 3. The molecular weight excluding hydrogens is 320 g/mol. The molecule has 4 bridgehead atoms. The first kappa shape index (κ1) is 16.1. The normalized spacial score (nSPS) is 22.2. The van der Waals surface area contributed by atoms with E-state index >= 15 is 0 Å². The van der Waals surface area contributed by atoms with Crippen molar-refractivity contribution >= 4 is 10.9 Å². The maximum Gasteiger partial charge on any atom is 0.122 e. The van der Waals surface area contributed by atoms with E-state index in [4.69, 9.17) is 14.2 Å². The molecule has 0 saturated heterocycles. The molecule has 1 aromatic carbocycles. The van der Waals surface area contributed by atoms with E-state index in [0.717, 1.165) is 27.9 Å². The number of hydrogen-bond donors (Lipinski definition) is 1. The molecule has 0 aliphatic carbocycles. The van der Waals surface area contributed by atoms with Gasteiger partial charge in [-0.2, -0.15) is 10.2 Å². The monoisotopic (exact) mass is 342 g/mol.